The Morgan fingerprint density at radius 2 is 1.86 bits per heavy atom. The smallest absolute Gasteiger partial charge is 0.427 e. The second kappa shape index (κ2) is 6.07. The lowest BCUT2D eigenvalue weighted by Gasteiger charge is -2.28. The monoisotopic (exact) mass is 413 g/mol. The summed E-state index contributed by atoms with van der Waals surface area (Å²) < 4.78 is 73.5. The Balaban J connectivity index is 1.66. The first-order chi connectivity index (χ1) is 13.4. The van der Waals surface area contributed by atoms with Crippen molar-refractivity contribution in [3.8, 4) is 17.1 Å². The summed E-state index contributed by atoms with van der Waals surface area (Å²) in [5, 5.41) is 7.94. The fourth-order valence-corrected chi connectivity index (χ4v) is 2.85. The molecule has 6 nitrogen and oxygen atoms in total. The van der Waals surface area contributed by atoms with Crippen LogP contribution in [0.1, 0.15) is 38.9 Å². The Morgan fingerprint density at radius 1 is 1.17 bits per heavy atom. The Hall–Kier alpha value is -2.85. The van der Waals surface area contributed by atoms with Crippen molar-refractivity contribution in [1.82, 2.24) is 24.6 Å². The zero-order valence-electron chi connectivity index (χ0n) is 15.6. The quantitative estimate of drug-likeness (QED) is 0.598. The van der Waals surface area contributed by atoms with Gasteiger partial charge in [-0.15, -0.1) is 10.2 Å². The van der Waals surface area contributed by atoms with E-state index in [0.717, 1.165) is 26.1 Å². The summed E-state index contributed by atoms with van der Waals surface area (Å²) in [5.41, 5.74) is -3.09. The Labute approximate surface area is 161 Å². The molecule has 11 heteroatoms. The molecule has 4 rings (SSSR count). The van der Waals surface area contributed by atoms with Crippen LogP contribution in [-0.4, -0.2) is 42.0 Å². The number of halogens is 5. The molecule has 1 unspecified atom stereocenters. The highest BCUT2D eigenvalue weighted by atomic mass is 19.4. The van der Waals surface area contributed by atoms with Crippen molar-refractivity contribution in [2.75, 3.05) is 0 Å². The number of hydrogen-bond donors (Lipinski definition) is 0. The minimum Gasteiger partial charge on any atom is -0.460 e. The van der Waals surface area contributed by atoms with E-state index in [2.05, 4.69) is 20.2 Å². The van der Waals surface area contributed by atoms with E-state index in [0.29, 0.717) is 17.9 Å². The van der Waals surface area contributed by atoms with E-state index < -0.39 is 35.1 Å². The molecule has 1 aliphatic carbocycles. The molecule has 154 valence electrons. The predicted molar refractivity (Wildman–Crippen MR) is 91.6 cm³/mol. The minimum atomic E-state index is -4.70. The average molecular weight is 413 g/mol. The number of alkyl halides is 4. The van der Waals surface area contributed by atoms with Crippen molar-refractivity contribution in [3.63, 3.8) is 0 Å². The van der Waals surface area contributed by atoms with Gasteiger partial charge in [0.15, 0.2) is 17.1 Å². The highest BCUT2D eigenvalue weighted by molar-refractivity contribution is 5.59. The number of aromatic nitrogens is 5. The van der Waals surface area contributed by atoms with Gasteiger partial charge in [-0.3, -0.25) is 9.38 Å². The number of nitrogens with zero attached hydrogens (tertiary/aromatic N) is 5. The molecule has 3 aromatic rings. The van der Waals surface area contributed by atoms with Gasteiger partial charge in [-0.05, 0) is 33.3 Å². The summed E-state index contributed by atoms with van der Waals surface area (Å²) >= 11 is 0. The normalized spacial score (nSPS) is 22.1. The molecule has 29 heavy (non-hydrogen) atoms. The van der Waals surface area contributed by atoms with Gasteiger partial charge in [0.1, 0.15) is 11.5 Å². The molecule has 0 amide bonds. The third-order valence-electron chi connectivity index (χ3n) is 4.94. The number of ether oxygens (including phenoxy) is 1. The number of fused-ring (bicyclic) bond motifs is 1. The van der Waals surface area contributed by atoms with Gasteiger partial charge >= 0.3 is 6.18 Å². The predicted octanol–water partition coefficient (Wildman–Crippen LogP) is 4.26. The third kappa shape index (κ3) is 3.38. The molecule has 0 radical (unpaired) electrons. The Bertz CT molecular complexity index is 1090. The van der Waals surface area contributed by atoms with E-state index in [1.807, 2.05) is 0 Å². The zero-order chi connectivity index (χ0) is 21.2. The van der Waals surface area contributed by atoms with E-state index >= 15 is 0 Å². The van der Waals surface area contributed by atoms with Crippen LogP contribution in [-0.2, 0) is 0 Å². The fourth-order valence-electron chi connectivity index (χ4n) is 2.85. The fraction of sp³-hybridized carbons (Fsp3) is 0.444. The summed E-state index contributed by atoms with van der Waals surface area (Å²) in [4.78, 5) is 7.82. The number of hydrogen-bond acceptors (Lipinski definition) is 5. The molecule has 3 aromatic heterocycles. The summed E-state index contributed by atoms with van der Waals surface area (Å²) in [7, 11) is 0. The van der Waals surface area contributed by atoms with Crippen LogP contribution in [0.15, 0.2) is 24.7 Å². The standard InChI is InChI=1S/C18H16F5N5O/c1-16(2,18(21,22)23)29-15-11(19)4-9(6-25-15)12-8-28-13(7-24-12)26-27-14(28)10-5-17(10,3)20/h4,6-8,10H,5H2,1-3H3/t10-,17?/m1/s1. The van der Waals surface area contributed by atoms with Gasteiger partial charge in [0.05, 0.1) is 17.8 Å². The Kier molecular flexibility index (Phi) is 4.08. The van der Waals surface area contributed by atoms with Crippen LogP contribution in [0.4, 0.5) is 22.0 Å². The molecule has 0 saturated heterocycles. The van der Waals surface area contributed by atoms with Crippen LogP contribution in [0.2, 0.25) is 0 Å². The maximum absolute atomic E-state index is 14.4. The summed E-state index contributed by atoms with van der Waals surface area (Å²) in [6.07, 6.45) is -0.332. The minimum absolute atomic E-state index is 0.208. The maximum Gasteiger partial charge on any atom is 0.427 e. The largest absolute Gasteiger partial charge is 0.460 e. The first kappa shape index (κ1) is 19.5. The van der Waals surface area contributed by atoms with Gasteiger partial charge < -0.3 is 4.74 Å². The van der Waals surface area contributed by atoms with Crippen molar-refractivity contribution in [3.05, 3.63) is 36.3 Å². The SMILES string of the molecule is CC1(F)C[C@@H]1c1nnc2cnc(-c3cnc(OC(C)(C)C(F)(F)F)c(F)c3)cn12. The van der Waals surface area contributed by atoms with Crippen molar-refractivity contribution < 1.29 is 26.7 Å². The first-order valence-electron chi connectivity index (χ1n) is 8.70. The first-order valence-corrected chi connectivity index (χ1v) is 8.70. The molecule has 0 aromatic carbocycles. The molecular formula is C18H16F5N5O. The molecule has 1 aliphatic rings. The van der Waals surface area contributed by atoms with Crippen LogP contribution >= 0.6 is 0 Å². The number of pyridine rings is 1. The van der Waals surface area contributed by atoms with E-state index in [-0.39, 0.29) is 11.3 Å². The van der Waals surface area contributed by atoms with Gasteiger partial charge in [0.25, 0.3) is 5.88 Å². The number of rotatable bonds is 4. The van der Waals surface area contributed by atoms with Crippen molar-refractivity contribution in [2.45, 2.75) is 50.6 Å². The average Bonchev–Trinajstić information content (AvgIpc) is 3.06. The lowest BCUT2D eigenvalue weighted by molar-refractivity contribution is -0.235. The second-order valence-electron chi connectivity index (χ2n) is 7.71. The van der Waals surface area contributed by atoms with E-state index in [1.54, 1.807) is 4.40 Å². The molecule has 1 saturated carbocycles. The summed E-state index contributed by atoms with van der Waals surface area (Å²) in [6, 6.07) is 0.976. The zero-order valence-corrected chi connectivity index (χ0v) is 15.6. The molecule has 3 heterocycles. The van der Waals surface area contributed by atoms with Crippen LogP contribution in [0.25, 0.3) is 16.9 Å². The van der Waals surface area contributed by atoms with Crippen LogP contribution in [0.3, 0.4) is 0 Å². The van der Waals surface area contributed by atoms with Gasteiger partial charge in [-0.2, -0.15) is 13.2 Å². The lowest BCUT2D eigenvalue weighted by atomic mass is 10.1. The second-order valence-corrected chi connectivity index (χ2v) is 7.71. The topological polar surface area (TPSA) is 65.2 Å². The maximum atomic E-state index is 14.4. The van der Waals surface area contributed by atoms with Crippen LogP contribution in [0, 0.1) is 5.82 Å². The van der Waals surface area contributed by atoms with E-state index in [4.69, 9.17) is 4.74 Å². The molecule has 0 spiro atoms. The van der Waals surface area contributed by atoms with Gasteiger partial charge in [0.2, 0.25) is 0 Å². The molecule has 0 bridgehead atoms. The highest BCUT2D eigenvalue weighted by Crippen LogP contribution is 2.53. The van der Waals surface area contributed by atoms with Gasteiger partial charge in [0, 0.05) is 18.0 Å². The highest BCUT2D eigenvalue weighted by Gasteiger charge is 2.54. The van der Waals surface area contributed by atoms with Gasteiger partial charge in [-0.25, -0.2) is 13.8 Å². The molecule has 1 fully saturated rings. The summed E-state index contributed by atoms with van der Waals surface area (Å²) in [6.45, 7) is 3.03. The molecule has 0 N–H and O–H groups in total. The van der Waals surface area contributed by atoms with Crippen LogP contribution < -0.4 is 4.74 Å². The Morgan fingerprint density at radius 3 is 2.45 bits per heavy atom. The summed E-state index contributed by atoms with van der Waals surface area (Å²) in [5.74, 6) is -1.81. The molecular weight excluding hydrogens is 397 g/mol. The van der Waals surface area contributed by atoms with Crippen LogP contribution in [0.5, 0.6) is 5.88 Å². The lowest BCUT2D eigenvalue weighted by Crippen LogP contribution is -2.45. The van der Waals surface area contributed by atoms with Gasteiger partial charge in [-0.1, -0.05) is 0 Å². The van der Waals surface area contributed by atoms with Crippen molar-refractivity contribution >= 4 is 5.65 Å². The third-order valence-corrected chi connectivity index (χ3v) is 4.94. The van der Waals surface area contributed by atoms with E-state index in [9.17, 15) is 22.0 Å². The molecule has 0 aliphatic heterocycles. The van der Waals surface area contributed by atoms with Crippen molar-refractivity contribution in [2.24, 2.45) is 0 Å². The van der Waals surface area contributed by atoms with Crippen molar-refractivity contribution in [1.29, 1.82) is 0 Å². The molecule has 2 atom stereocenters. The van der Waals surface area contributed by atoms with E-state index in [1.165, 1.54) is 19.3 Å².